The highest BCUT2D eigenvalue weighted by Crippen LogP contribution is 2.41. The standard InChI is InChI=1S/C12H9BrF4N4/c13-9-10(12(15,16)17)20-21-8(3-4-18-11(9)21)7-2-1-6(14)5-19-7/h1-2,5,8,18H,3-4H2. The molecule has 1 N–H and O–H groups in total. The van der Waals surface area contributed by atoms with Crippen molar-refractivity contribution in [2.45, 2.75) is 18.6 Å². The first-order chi connectivity index (χ1) is 9.88. The van der Waals surface area contributed by atoms with Crippen LogP contribution in [0.15, 0.2) is 22.8 Å². The van der Waals surface area contributed by atoms with Crippen LogP contribution < -0.4 is 5.32 Å². The monoisotopic (exact) mass is 364 g/mol. The molecule has 3 rings (SSSR count). The molecule has 2 aromatic heterocycles. The molecule has 0 spiro atoms. The molecular formula is C12H9BrF4N4. The Morgan fingerprint density at radius 1 is 1.33 bits per heavy atom. The highest BCUT2D eigenvalue weighted by molar-refractivity contribution is 9.10. The zero-order chi connectivity index (χ0) is 15.2. The maximum Gasteiger partial charge on any atom is 0.436 e. The van der Waals surface area contributed by atoms with Crippen molar-refractivity contribution in [3.05, 3.63) is 40.0 Å². The van der Waals surface area contributed by atoms with E-state index >= 15 is 0 Å². The fourth-order valence-electron chi connectivity index (χ4n) is 2.29. The van der Waals surface area contributed by atoms with Crippen molar-refractivity contribution in [3.63, 3.8) is 0 Å². The van der Waals surface area contributed by atoms with Crippen molar-refractivity contribution in [2.24, 2.45) is 0 Å². The molecule has 4 nitrogen and oxygen atoms in total. The predicted octanol–water partition coefficient (Wildman–Crippen LogP) is 3.60. The third-order valence-electron chi connectivity index (χ3n) is 3.22. The molecule has 2 aromatic rings. The number of alkyl halides is 3. The Morgan fingerprint density at radius 3 is 2.71 bits per heavy atom. The van der Waals surface area contributed by atoms with Crippen LogP contribution >= 0.6 is 15.9 Å². The predicted molar refractivity (Wildman–Crippen MR) is 70.4 cm³/mol. The van der Waals surface area contributed by atoms with Gasteiger partial charge in [-0.3, -0.25) is 4.98 Å². The van der Waals surface area contributed by atoms with E-state index < -0.39 is 23.7 Å². The topological polar surface area (TPSA) is 42.7 Å². The molecule has 0 fully saturated rings. The average molecular weight is 365 g/mol. The summed E-state index contributed by atoms with van der Waals surface area (Å²) in [6, 6.07) is 2.22. The van der Waals surface area contributed by atoms with E-state index in [4.69, 9.17) is 0 Å². The molecule has 1 aliphatic heterocycles. The molecule has 0 amide bonds. The van der Waals surface area contributed by atoms with Crippen molar-refractivity contribution >= 4 is 21.7 Å². The normalized spacial score (nSPS) is 18.2. The lowest BCUT2D eigenvalue weighted by Crippen LogP contribution is -2.25. The van der Waals surface area contributed by atoms with Crippen LogP contribution in [0.4, 0.5) is 23.4 Å². The molecule has 0 bridgehead atoms. The smallest absolute Gasteiger partial charge is 0.369 e. The van der Waals surface area contributed by atoms with Crippen LogP contribution in [0.5, 0.6) is 0 Å². The third kappa shape index (κ3) is 2.50. The summed E-state index contributed by atoms with van der Waals surface area (Å²) in [5.74, 6) is -0.241. The van der Waals surface area contributed by atoms with E-state index in [1.54, 1.807) is 0 Å². The van der Waals surface area contributed by atoms with Crippen LogP contribution in [-0.4, -0.2) is 21.3 Å². The van der Waals surface area contributed by atoms with Crippen LogP contribution in [-0.2, 0) is 6.18 Å². The molecule has 3 heterocycles. The Labute approximate surface area is 125 Å². The minimum Gasteiger partial charge on any atom is -0.369 e. The fraction of sp³-hybridized carbons (Fsp3) is 0.333. The summed E-state index contributed by atoms with van der Waals surface area (Å²) in [6.07, 6.45) is -3.00. The van der Waals surface area contributed by atoms with Crippen molar-refractivity contribution in [1.82, 2.24) is 14.8 Å². The van der Waals surface area contributed by atoms with Crippen LogP contribution in [0.25, 0.3) is 0 Å². The van der Waals surface area contributed by atoms with Gasteiger partial charge in [0.15, 0.2) is 5.69 Å². The molecule has 0 saturated carbocycles. The van der Waals surface area contributed by atoms with Gasteiger partial charge in [0.05, 0.1) is 22.4 Å². The quantitative estimate of drug-likeness (QED) is 0.786. The summed E-state index contributed by atoms with van der Waals surface area (Å²) >= 11 is 2.94. The second-order valence-electron chi connectivity index (χ2n) is 4.59. The van der Waals surface area contributed by atoms with Crippen LogP contribution in [0.2, 0.25) is 0 Å². The number of hydrogen-bond acceptors (Lipinski definition) is 3. The minimum absolute atomic E-state index is 0.123. The number of nitrogens with zero attached hydrogens (tertiary/aromatic N) is 3. The Kier molecular flexibility index (Phi) is 3.39. The Hall–Kier alpha value is -1.64. The molecule has 0 radical (unpaired) electrons. The zero-order valence-corrected chi connectivity index (χ0v) is 12.0. The lowest BCUT2D eigenvalue weighted by Gasteiger charge is -2.25. The SMILES string of the molecule is Fc1ccc(C2CCNc3c(Br)c(C(F)(F)F)nn32)nc1. The number of nitrogens with one attached hydrogen (secondary N) is 1. The molecule has 0 saturated heterocycles. The molecule has 9 heteroatoms. The maximum atomic E-state index is 12.9. The van der Waals surface area contributed by atoms with Gasteiger partial charge in [-0.1, -0.05) is 0 Å². The lowest BCUT2D eigenvalue weighted by atomic mass is 10.1. The Bertz CT molecular complexity index is 665. The molecule has 1 unspecified atom stereocenters. The van der Waals surface area contributed by atoms with Gasteiger partial charge in [-0.05, 0) is 34.5 Å². The lowest BCUT2D eigenvalue weighted by molar-refractivity contribution is -0.142. The van der Waals surface area contributed by atoms with Gasteiger partial charge < -0.3 is 5.32 Å². The number of halogens is 5. The summed E-state index contributed by atoms with van der Waals surface area (Å²) in [7, 11) is 0. The van der Waals surface area contributed by atoms with Crippen molar-refractivity contribution in [2.75, 3.05) is 11.9 Å². The maximum absolute atomic E-state index is 12.9. The van der Waals surface area contributed by atoms with Gasteiger partial charge in [0.2, 0.25) is 0 Å². The Balaban J connectivity index is 2.08. The van der Waals surface area contributed by atoms with E-state index in [1.807, 2.05) is 0 Å². The minimum atomic E-state index is -4.55. The van der Waals surface area contributed by atoms with Gasteiger partial charge in [-0.25, -0.2) is 9.07 Å². The number of aromatic nitrogens is 3. The van der Waals surface area contributed by atoms with E-state index in [-0.39, 0.29) is 10.3 Å². The highest BCUT2D eigenvalue weighted by Gasteiger charge is 2.40. The summed E-state index contributed by atoms with van der Waals surface area (Å²) < 4.78 is 52.8. The molecule has 0 aromatic carbocycles. The first-order valence-electron chi connectivity index (χ1n) is 6.08. The van der Waals surface area contributed by atoms with Gasteiger partial charge in [0, 0.05) is 6.54 Å². The molecule has 112 valence electrons. The van der Waals surface area contributed by atoms with Crippen molar-refractivity contribution in [1.29, 1.82) is 0 Å². The van der Waals surface area contributed by atoms with Gasteiger partial charge in [-0.2, -0.15) is 18.3 Å². The molecular weight excluding hydrogens is 356 g/mol. The van der Waals surface area contributed by atoms with Gasteiger partial charge >= 0.3 is 6.18 Å². The Morgan fingerprint density at radius 2 is 2.10 bits per heavy atom. The third-order valence-corrected chi connectivity index (χ3v) is 3.97. The fourth-order valence-corrected chi connectivity index (χ4v) is 2.91. The molecule has 0 aliphatic carbocycles. The second-order valence-corrected chi connectivity index (χ2v) is 5.38. The number of anilines is 1. The highest BCUT2D eigenvalue weighted by atomic mass is 79.9. The number of fused-ring (bicyclic) bond motifs is 1. The van der Waals surface area contributed by atoms with E-state index in [9.17, 15) is 17.6 Å². The first kappa shape index (κ1) is 14.3. The van der Waals surface area contributed by atoms with E-state index in [0.717, 1.165) is 6.20 Å². The summed E-state index contributed by atoms with van der Waals surface area (Å²) in [6.45, 7) is 0.477. The molecule has 1 atom stereocenters. The van der Waals surface area contributed by atoms with Gasteiger partial charge in [0.25, 0.3) is 0 Å². The first-order valence-corrected chi connectivity index (χ1v) is 6.87. The van der Waals surface area contributed by atoms with E-state index in [0.29, 0.717) is 18.7 Å². The van der Waals surface area contributed by atoms with Crippen LogP contribution in [0.1, 0.15) is 23.9 Å². The summed E-state index contributed by atoms with van der Waals surface area (Å²) in [4.78, 5) is 3.94. The van der Waals surface area contributed by atoms with Gasteiger partial charge in [-0.15, -0.1) is 0 Å². The molecule has 21 heavy (non-hydrogen) atoms. The zero-order valence-electron chi connectivity index (χ0n) is 10.5. The largest absolute Gasteiger partial charge is 0.436 e. The van der Waals surface area contributed by atoms with Crippen LogP contribution in [0.3, 0.4) is 0 Å². The average Bonchev–Trinajstić information content (AvgIpc) is 2.77. The van der Waals surface area contributed by atoms with Crippen molar-refractivity contribution < 1.29 is 17.6 Å². The number of pyridine rings is 1. The second kappa shape index (κ2) is 4.97. The number of rotatable bonds is 1. The van der Waals surface area contributed by atoms with Crippen molar-refractivity contribution in [3.8, 4) is 0 Å². The van der Waals surface area contributed by atoms with E-state index in [2.05, 4.69) is 31.3 Å². The molecule has 1 aliphatic rings. The summed E-state index contributed by atoms with van der Waals surface area (Å²) in [5.41, 5.74) is -0.512. The number of hydrogen-bond donors (Lipinski definition) is 1. The van der Waals surface area contributed by atoms with Gasteiger partial charge in [0.1, 0.15) is 11.6 Å². The summed E-state index contributed by atoms with van der Waals surface area (Å²) in [5, 5.41) is 6.54. The van der Waals surface area contributed by atoms with Crippen LogP contribution in [0, 0.1) is 5.82 Å². The van der Waals surface area contributed by atoms with E-state index in [1.165, 1.54) is 16.8 Å².